The molecule has 1 saturated heterocycles. The fraction of sp³-hybridized carbons (Fsp3) is 0.875. The quantitative estimate of drug-likeness (QED) is 0.635. The van der Waals surface area contributed by atoms with Gasteiger partial charge >= 0.3 is 0 Å². The molecule has 3 heteroatoms. The van der Waals surface area contributed by atoms with E-state index in [1.807, 2.05) is 0 Å². The van der Waals surface area contributed by atoms with Crippen molar-refractivity contribution in [3.63, 3.8) is 0 Å². The Labute approximate surface area is 67.3 Å². The van der Waals surface area contributed by atoms with E-state index in [0.29, 0.717) is 13.2 Å². The maximum atomic E-state index is 8.86. The molecule has 1 N–H and O–H groups in total. The molecule has 1 unspecified atom stereocenters. The predicted molar refractivity (Wildman–Crippen MR) is 42.1 cm³/mol. The summed E-state index contributed by atoms with van der Waals surface area (Å²) in [6.45, 7) is 4.27. The molecule has 0 spiro atoms. The van der Waals surface area contributed by atoms with Crippen molar-refractivity contribution in [2.75, 3.05) is 19.7 Å². The predicted octanol–water partition coefficient (Wildman–Crippen LogP) is 0.669. The zero-order valence-electron chi connectivity index (χ0n) is 6.89. The van der Waals surface area contributed by atoms with Crippen LogP contribution in [0.15, 0.2) is 0 Å². The zero-order chi connectivity index (χ0) is 8.16. The van der Waals surface area contributed by atoms with Gasteiger partial charge in [-0.15, -0.1) is 0 Å². The van der Waals surface area contributed by atoms with E-state index in [1.54, 1.807) is 0 Å². The number of ether oxygens (including phenoxy) is 1. The second-order valence-electron chi connectivity index (χ2n) is 2.88. The lowest BCUT2D eigenvalue weighted by Crippen LogP contribution is -2.48. The third kappa shape index (κ3) is 1.92. The standard InChI is InChI=1S/C8H14N2O/c1-2-3-8(6-9)7-10-4-5-11-8/h10H,2-5,7H2,1H3. The number of rotatable bonds is 2. The van der Waals surface area contributed by atoms with E-state index >= 15 is 0 Å². The van der Waals surface area contributed by atoms with Gasteiger partial charge in [0.1, 0.15) is 0 Å². The topological polar surface area (TPSA) is 45.0 Å². The highest BCUT2D eigenvalue weighted by atomic mass is 16.5. The number of nitrogens with zero attached hydrogens (tertiary/aromatic N) is 1. The van der Waals surface area contributed by atoms with Gasteiger partial charge in [0, 0.05) is 13.1 Å². The molecule has 0 aliphatic carbocycles. The number of morpholine rings is 1. The molecule has 0 radical (unpaired) electrons. The summed E-state index contributed by atoms with van der Waals surface area (Å²) in [5.41, 5.74) is -0.535. The number of hydrogen-bond donors (Lipinski definition) is 1. The molecule has 1 rings (SSSR count). The van der Waals surface area contributed by atoms with Gasteiger partial charge in [-0.25, -0.2) is 0 Å². The Balaban J connectivity index is 2.51. The van der Waals surface area contributed by atoms with Crippen LogP contribution >= 0.6 is 0 Å². The Kier molecular flexibility index (Phi) is 2.86. The minimum absolute atomic E-state index is 0.535. The van der Waals surface area contributed by atoms with Crippen LogP contribution in [0.2, 0.25) is 0 Å². The average molecular weight is 154 g/mol. The van der Waals surface area contributed by atoms with Crippen molar-refractivity contribution in [3.8, 4) is 6.07 Å². The highest BCUT2D eigenvalue weighted by Crippen LogP contribution is 2.18. The van der Waals surface area contributed by atoms with E-state index in [4.69, 9.17) is 10.00 Å². The molecule has 3 nitrogen and oxygen atoms in total. The van der Waals surface area contributed by atoms with Gasteiger partial charge in [-0.1, -0.05) is 13.3 Å². The van der Waals surface area contributed by atoms with E-state index in [0.717, 1.165) is 19.4 Å². The third-order valence-electron chi connectivity index (χ3n) is 1.93. The summed E-state index contributed by atoms with van der Waals surface area (Å²) in [6.07, 6.45) is 1.83. The zero-order valence-corrected chi connectivity index (χ0v) is 6.89. The average Bonchev–Trinajstić information content (AvgIpc) is 2.07. The summed E-state index contributed by atoms with van der Waals surface area (Å²) in [6, 6.07) is 2.23. The number of hydrogen-bond acceptors (Lipinski definition) is 3. The van der Waals surface area contributed by atoms with Crippen LogP contribution in [0.25, 0.3) is 0 Å². The molecule has 1 atom stereocenters. The fourth-order valence-electron chi connectivity index (χ4n) is 1.35. The molecule has 1 heterocycles. The van der Waals surface area contributed by atoms with Crippen LogP contribution in [-0.4, -0.2) is 25.3 Å². The summed E-state index contributed by atoms with van der Waals surface area (Å²) in [7, 11) is 0. The Bertz CT molecular complexity index is 150. The van der Waals surface area contributed by atoms with Crippen LogP contribution in [0, 0.1) is 11.3 Å². The smallest absolute Gasteiger partial charge is 0.166 e. The lowest BCUT2D eigenvalue weighted by molar-refractivity contribution is -0.0304. The van der Waals surface area contributed by atoms with E-state index in [9.17, 15) is 0 Å². The second-order valence-corrected chi connectivity index (χ2v) is 2.88. The van der Waals surface area contributed by atoms with Crippen LogP contribution in [0.1, 0.15) is 19.8 Å². The highest BCUT2D eigenvalue weighted by molar-refractivity contribution is 5.04. The van der Waals surface area contributed by atoms with Crippen molar-refractivity contribution < 1.29 is 4.74 Å². The summed E-state index contributed by atoms with van der Waals surface area (Å²) in [5, 5.41) is 12.0. The summed E-state index contributed by atoms with van der Waals surface area (Å²) in [5.74, 6) is 0. The van der Waals surface area contributed by atoms with Crippen molar-refractivity contribution >= 4 is 0 Å². The summed E-state index contributed by atoms with van der Waals surface area (Å²) < 4.78 is 5.43. The maximum Gasteiger partial charge on any atom is 0.166 e. The first kappa shape index (κ1) is 8.51. The Morgan fingerprint density at radius 1 is 1.73 bits per heavy atom. The van der Waals surface area contributed by atoms with Crippen LogP contribution in [0.3, 0.4) is 0 Å². The van der Waals surface area contributed by atoms with E-state index < -0.39 is 5.60 Å². The lowest BCUT2D eigenvalue weighted by Gasteiger charge is -2.31. The Hall–Kier alpha value is -0.590. The van der Waals surface area contributed by atoms with Gasteiger partial charge in [0.25, 0.3) is 0 Å². The van der Waals surface area contributed by atoms with E-state index in [-0.39, 0.29) is 0 Å². The molecule has 0 bridgehead atoms. The van der Waals surface area contributed by atoms with Crippen molar-refractivity contribution in [1.82, 2.24) is 5.32 Å². The molecular formula is C8H14N2O. The van der Waals surface area contributed by atoms with Gasteiger partial charge in [0.2, 0.25) is 0 Å². The first-order valence-corrected chi connectivity index (χ1v) is 4.09. The van der Waals surface area contributed by atoms with Crippen LogP contribution in [-0.2, 0) is 4.74 Å². The normalized spacial score (nSPS) is 31.3. The van der Waals surface area contributed by atoms with Crippen LogP contribution in [0.4, 0.5) is 0 Å². The molecule has 1 fully saturated rings. The van der Waals surface area contributed by atoms with Crippen LogP contribution < -0.4 is 5.32 Å². The van der Waals surface area contributed by atoms with E-state index in [1.165, 1.54) is 0 Å². The molecule has 62 valence electrons. The SMILES string of the molecule is CCCC1(C#N)CNCCO1. The number of nitrogens with one attached hydrogen (secondary N) is 1. The first-order valence-electron chi connectivity index (χ1n) is 4.09. The van der Waals surface area contributed by atoms with Gasteiger partial charge in [0.15, 0.2) is 5.60 Å². The van der Waals surface area contributed by atoms with Crippen molar-refractivity contribution in [3.05, 3.63) is 0 Å². The van der Waals surface area contributed by atoms with Gasteiger partial charge in [-0.2, -0.15) is 5.26 Å². The number of nitriles is 1. The third-order valence-corrected chi connectivity index (χ3v) is 1.93. The van der Waals surface area contributed by atoms with Crippen molar-refractivity contribution in [1.29, 1.82) is 5.26 Å². The Morgan fingerprint density at radius 2 is 2.55 bits per heavy atom. The summed E-state index contributed by atoms with van der Waals surface area (Å²) in [4.78, 5) is 0. The minimum atomic E-state index is -0.535. The highest BCUT2D eigenvalue weighted by Gasteiger charge is 2.31. The monoisotopic (exact) mass is 154 g/mol. The van der Waals surface area contributed by atoms with Crippen molar-refractivity contribution in [2.45, 2.75) is 25.4 Å². The molecule has 0 amide bonds. The minimum Gasteiger partial charge on any atom is -0.357 e. The van der Waals surface area contributed by atoms with Gasteiger partial charge in [0.05, 0.1) is 12.7 Å². The first-order chi connectivity index (χ1) is 5.33. The van der Waals surface area contributed by atoms with Crippen LogP contribution in [0.5, 0.6) is 0 Å². The molecule has 0 aromatic heterocycles. The van der Waals surface area contributed by atoms with Gasteiger partial charge < -0.3 is 10.1 Å². The summed E-state index contributed by atoms with van der Waals surface area (Å²) >= 11 is 0. The molecule has 11 heavy (non-hydrogen) atoms. The molecule has 0 aromatic carbocycles. The molecular weight excluding hydrogens is 140 g/mol. The lowest BCUT2D eigenvalue weighted by atomic mass is 9.98. The van der Waals surface area contributed by atoms with E-state index in [2.05, 4.69) is 18.3 Å². The van der Waals surface area contributed by atoms with Gasteiger partial charge in [-0.3, -0.25) is 0 Å². The maximum absolute atomic E-state index is 8.86. The van der Waals surface area contributed by atoms with Crippen molar-refractivity contribution in [2.24, 2.45) is 0 Å². The molecule has 0 saturated carbocycles. The molecule has 1 aliphatic rings. The van der Waals surface area contributed by atoms with Gasteiger partial charge in [-0.05, 0) is 6.42 Å². The molecule has 0 aromatic rings. The largest absolute Gasteiger partial charge is 0.357 e. The second kappa shape index (κ2) is 3.70. The molecule has 1 aliphatic heterocycles. The Morgan fingerprint density at radius 3 is 3.00 bits per heavy atom. The fourth-order valence-corrected chi connectivity index (χ4v) is 1.35.